The molecule has 1 aliphatic heterocycles. The Morgan fingerprint density at radius 3 is 3.04 bits per heavy atom. The average Bonchev–Trinajstić information content (AvgIpc) is 2.85. The number of anilines is 1. The lowest BCUT2D eigenvalue weighted by molar-refractivity contribution is -0.124. The van der Waals surface area contributed by atoms with Crippen molar-refractivity contribution in [3.63, 3.8) is 0 Å². The summed E-state index contributed by atoms with van der Waals surface area (Å²) in [4.78, 5) is 14.3. The molecule has 0 spiro atoms. The van der Waals surface area contributed by atoms with E-state index in [9.17, 15) is 9.90 Å². The van der Waals surface area contributed by atoms with E-state index in [0.717, 1.165) is 16.4 Å². The summed E-state index contributed by atoms with van der Waals surface area (Å²) in [7, 11) is 0. The van der Waals surface area contributed by atoms with E-state index in [1.165, 1.54) is 11.8 Å². The Morgan fingerprint density at radius 2 is 2.19 bits per heavy atom. The first-order valence-corrected chi connectivity index (χ1v) is 10.4. The number of thioether (sulfide) groups is 2. The number of nitrogens with one attached hydrogen (secondary N) is 1. The zero-order chi connectivity index (χ0) is 18.5. The lowest BCUT2D eigenvalue weighted by atomic mass is 10.2. The van der Waals surface area contributed by atoms with Crippen molar-refractivity contribution in [3.05, 3.63) is 42.5 Å². The van der Waals surface area contributed by atoms with Crippen LogP contribution in [-0.2, 0) is 4.79 Å². The van der Waals surface area contributed by atoms with Gasteiger partial charge in [0.1, 0.15) is 12.4 Å². The van der Waals surface area contributed by atoms with Crippen LogP contribution in [0.1, 0.15) is 6.92 Å². The molecule has 0 fully saturated rings. The topological polar surface area (TPSA) is 84.6 Å². The summed E-state index contributed by atoms with van der Waals surface area (Å²) >= 11 is 3.12. The van der Waals surface area contributed by atoms with Gasteiger partial charge in [-0.15, -0.1) is 23.5 Å². The Kier molecular flexibility index (Phi) is 6.21. The van der Waals surface area contributed by atoms with Crippen LogP contribution in [-0.4, -0.2) is 35.2 Å². The number of carbonyl (C=O) groups is 1. The zero-order valence-corrected chi connectivity index (χ0v) is 16.1. The number of aromatic hydroxyl groups is 1. The third-order valence-corrected chi connectivity index (χ3v) is 6.57. The number of rotatable bonds is 5. The van der Waals surface area contributed by atoms with Crippen molar-refractivity contribution < 1.29 is 14.6 Å². The summed E-state index contributed by atoms with van der Waals surface area (Å²) in [5.74, 6) is 2.08. The van der Waals surface area contributed by atoms with Gasteiger partial charge in [0.15, 0.2) is 5.75 Å². The largest absolute Gasteiger partial charge is 0.505 e. The van der Waals surface area contributed by atoms with Crippen LogP contribution in [0.15, 0.2) is 52.3 Å². The molecular formula is C19H22N2O3S2. The van der Waals surface area contributed by atoms with E-state index in [4.69, 9.17) is 10.5 Å². The molecule has 0 aliphatic carbocycles. The number of carbonyl (C=O) groups excluding carboxylic acids is 1. The standard InChI is InChI=1S/C19H22N2O3S2/c1-12(10-25-17-8-4-5-14(20)18(17)22)19(23)21-13-9-24-15-6-2-3-7-16(15)26-11-13/h2-8,12-13,22H,9-11,20H2,1H3,(H,21,23)/t12-,13-/m1/s1. The number of phenolic OH excluding ortho intramolecular Hbond substituents is 1. The van der Waals surface area contributed by atoms with Gasteiger partial charge in [0.25, 0.3) is 0 Å². The van der Waals surface area contributed by atoms with Gasteiger partial charge in [-0.25, -0.2) is 0 Å². The number of phenols is 1. The third-order valence-electron chi connectivity index (χ3n) is 4.04. The van der Waals surface area contributed by atoms with E-state index in [1.54, 1.807) is 30.0 Å². The number of para-hydroxylation sites is 2. The van der Waals surface area contributed by atoms with Crippen LogP contribution in [0.4, 0.5) is 5.69 Å². The van der Waals surface area contributed by atoms with Gasteiger partial charge in [-0.2, -0.15) is 0 Å². The highest BCUT2D eigenvalue weighted by atomic mass is 32.2. The van der Waals surface area contributed by atoms with Crippen molar-refractivity contribution in [2.45, 2.75) is 22.8 Å². The first-order valence-electron chi connectivity index (χ1n) is 8.40. The van der Waals surface area contributed by atoms with E-state index in [1.807, 2.05) is 31.2 Å². The average molecular weight is 391 g/mol. The van der Waals surface area contributed by atoms with Gasteiger partial charge in [0.05, 0.1) is 16.6 Å². The Bertz CT molecular complexity index is 758. The van der Waals surface area contributed by atoms with Crippen molar-refractivity contribution in [2.75, 3.05) is 23.8 Å². The maximum absolute atomic E-state index is 12.5. The van der Waals surface area contributed by atoms with Gasteiger partial charge in [-0.3, -0.25) is 4.79 Å². The molecule has 26 heavy (non-hydrogen) atoms. The van der Waals surface area contributed by atoms with Gasteiger partial charge in [-0.1, -0.05) is 25.1 Å². The van der Waals surface area contributed by atoms with Crippen molar-refractivity contribution in [3.8, 4) is 11.5 Å². The smallest absolute Gasteiger partial charge is 0.224 e. The zero-order valence-electron chi connectivity index (χ0n) is 14.5. The fourth-order valence-electron chi connectivity index (χ4n) is 2.49. The summed E-state index contributed by atoms with van der Waals surface area (Å²) in [5.41, 5.74) is 6.05. The molecule has 138 valence electrons. The predicted molar refractivity (Wildman–Crippen MR) is 107 cm³/mol. The first-order chi connectivity index (χ1) is 12.5. The lowest BCUT2D eigenvalue weighted by Crippen LogP contribution is -2.43. The molecule has 5 nitrogen and oxygen atoms in total. The van der Waals surface area contributed by atoms with Crippen molar-refractivity contribution >= 4 is 35.1 Å². The number of hydrogen-bond acceptors (Lipinski definition) is 6. The van der Waals surface area contributed by atoms with Crippen LogP contribution >= 0.6 is 23.5 Å². The molecule has 0 aromatic heterocycles. The number of amides is 1. The molecule has 1 heterocycles. The van der Waals surface area contributed by atoms with Crippen LogP contribution in [0.2, 0.25) is 0 Å². The maximum Gasteiger partial charge on any atom is 0.224 e. The SMILES string of the molecule is C[C@H](CSc1cccc(N)c1O)C(=O)N[C@@H]1COc2ccccc2SC1. The summed E-state index contributed by atoms with van der Waals surface area (Å²) in [6.07, 6.45) is 0. The van der Waals surface area contributed by atoms with Crippen LogP contribution in [0.25, 0.3) is 0 Å². The van der Waals surface area contributed by atoms with Gasteiger partial charge < -0.3 is 20.9 Å². The monoisotopic (exact) mass is 390 g/mol. The molecule has 7 heteroatoms. The minimum absolute atomic E-state index is 0.0129. The Labute approximate surface area is 161 Å². The Morgan fingerprint density at radius 1 is 1.38 bits per heavy atom. The van der Waals surface area contributed by atoms with Gasteiger partial charge in [0, 0.05) is 22.3 Å². The van der Waals surface area contributed by atoms with Crippen LogP contribution in [0.3, 0.4) is 0 Å². The number of nitrogen functional groups attached to an aromatic ring is 1. The highest BCUT2D eigenvalue weighted by molar-refractivity contribution is 7.99. The first kappa shape index (κ1) is 18.8. The molecule has 0 saturated carbocycles. The minimum atomic E-state index is -0.198. The number of hydrogen-bond donors (Lipinski definition) is 3. The molecule has 1 amide bonds. The molecule has 1 aliphatic rings. The highest BCUT2D eigenvalue weighted by Gasteiger charge is 2.22. The van der Waals surface area contributed by atoms with E-state index in [2.05, 4.69) is 5.32 Å². The second-order valence-corrected chi connectivity index (χ2v) is 8.30. The molecular weight excluding hydrogens is 368 g/mol. The van der Waals surface area contributed by atoms with E-state index < -0.39 is 0 Å². The van der Waals surface area contributed by atoms with E-state index in [0.29, 0.717) is 22.9 Å². The number of benzene rings is 2. The maximum atomic E-state index is 12.5. The van der Waals surface area contributed by atoms with Gasteiger partial charge in [0.2, 0.25) is 5.91 Å². The summed E-state index contributed by atoms with van der Waals surface area (Å²) in [6.45, 7) is 2.34. The van der Waals surface area contributed by atoms with Crippen LogP contribution in [0.5, 0.6) is 11.5 Å². The third kappa shape index (κ3) is 4.59. The van der Waals surface area contributed by atoms with Crippen molar-refractivity contribution in [1.82, 2.24) is 5.32 Å². The van der Waals surface area contributed by atoms with Crippen molar-refractivity contribution in [2.24, 2.45) is 5.92 Å². The van der Waals surface area contributed by atoms with Crippen LogP contribution in [0, 0.1) is 5.92 Å². The second-order valence-electron chi connectivity index (χ2n) is 6.18. The molecule has 0 unspecified atom stereocenters. The summed E-state index contributed by atoms with van der Waals surface area (Å²) < 4.78 is 5.81. The normalized spacial score (nSPS) is 17.5. The molecule has 2 atom stereocenters. The number of nitrogens with two attached hydrogens (primary N) is 1. The fourth-order valence-corrected chi connectivity index (χ4v) is 4.51. The molecule has 2 aromatic rings. The van der Waals surface area contributed by atoms with Gasteiger partial charge in [-0.05, 0) is 24.3 Å². The molecule has 0 saturated heterocycles. The quantitative estimate of drug-likeness (QED) is 0.412. The highest BCUT2D eigenvalue weighted by Crippen LogP contribution is 2.34. The van der Waals surface area contributed by atoms with Gasteiger partial charge >= 0.3 is 0 Å². The van der Waals surface area contributed by atoms with E-state index in [-0.39, 0.29) is 23.6 Å². The van der Waals surface area contributed by atoms with E-state index >= 15 is 0 Å². The number of ether oxygens (including phenoxy) is 1. The minimum Gasteiger partial charge on any atom is -0.505 e. The molecule has 0 bridgehead atoms. The Balaban J connectivity index is 1.51. The van der Waals surface area contributed by atoms with Crippen LogP contribution < -0.4 is 15.8 Å². The van der Waals surface area contributed by atoms with Crippen molar-refractivity contribution in [1.29, 1.82) is 0 Å². The molecule has 0 radical (unpaired) electrons. The molecule has 4 N–H and O–H groups in total. The summed E-state index contributed by atoms with van der Waals surface area (Å²) in [6, 6.07) is 13.1. The predicted octanol–water partition coefficient (Wildman–Crippen LogP) is 3.37. The number of fused-ring (bicyclic) bond motifs is 1. The second kappa shape index (κ2) is 8.60. The fraction of sp³-hybridized carbons (Fsp3) is 0.316. The molecule has 2 aromatic carbocycles. The lowest BCUT2D eigenvalue weighted by Gasteiger charge is -2.19. The molecule has 3 rings (SSSR count). The summed E-state index contributed by atoms with van der Waals surface area (Å²) in [5, 5.41) is 13.0. The Hall–Kier alpha value is -1.99.